The molecule has 0 unspecified atom stereocenters. The second-order valence-corrected chi connectivity index (χ2v) is 6.17. The zero-order valence-electron chi connectivity index (χ0n) is 13.7. The average Bonchev–Trinajstić information content (AvgIpc) is 2.60. The first-order valence-electron chi connectivity index (χ1n) is 7.72. The third-order valence-electron chi connectivity index (χ3n) is 3.94. The van der Waals surface area contributed by atoms with Crippen LogP contribution in [0.4, 0.5) is 4.39 Å². The van der Waals surface area contributed by atoms with Crippen LogP contribution in [0, 0.1) is 12.7 Å². The van der Waals surface area contributed by atoms with Gasteiger partial charge in [0.05, 0.1) is 12.2 Å². The fourth-order valence-corrected chi connectivity index (χ4v) is 2.73. The number of carbonyl (C=O) groups is 1. The van der Waals surface area contributed by atoms with Crippen molar-refractivity contribution >= 4 is 17.6 Å². The van der Waals surface area contributed by atoms with Gasteiger partial charge in [-0.25, -0.2) is 13.9 Å². The Kier molecular flexibility index (Phi) is 4.86. The highest BCUT2D eigenvalue weighted by Gasteiger charge is 2.16. The molecule has 0 saturated carbocycles. The molecule has 26 heavy (non-hydrogen) atoms. The first kappa shape index (κ1) is 17.8. The van der Waals surface area contributed by atoms with Crippen LogP contribution in [0.3, 0.4) is 0 Å². The van der Waals surface area contributed by atoms with E-state index in [-0.39, 0.29) is 18.1 Å². The number of hydrogen-bond donors (Lipinski definition) is 1. The van der Waals surface area contributed by atoms with E-state index in [0.29, 0.717) is 21.7 Å². The van der Waals surface area contributed by atoms with Crippen LogP contribution in [-0.4, -0.2) is 20.9 Å². The first-order chi connectivity index (χ1) is 12.4. The van der Waals surface area contributed by atoms with Crippen LogP contribution in [0.5, 0.6) is 0 Å². The summed E-state index contributed by atoms with van der Waals surface area (Å²) >= 11 is 6.12. The fourth-order valence-electron chi connectivity index (χ4n) is 2.54. The minimum absolute atomic E-state index is 0.0206. The summed E-state index contributed by atoms with van der Waals surface area (Å²) in [6.45, 7) is 1.61. The predicted octanol–water partition coefficient (Wildman–Crippen LogP) is 3.76. The number of aromatic nitrogens is 2. The standard InChI is InChI=1S/C19H14ClFN2O3/c1-11-8-12(6-7-16(11)21)17-9-14(19(25)26)18(24)23(22-17)10-13-4-2-3-5-15(13)20/h2-9H,10H2,1H3,(H,25,26). The van der Waals surface area contributed by atoms with Crippen molar-refractivity contribution in [1.29, 1.82) is 0 Å². The van der Waals surface area contributed by atoms with Gasteiger partial charge in [0.25, 0.3) is 5.56 Å². The lowest BCUT2D eigenvalue weighted by Gasteiger charge is -2.11. The SMILES string of the molecule is Cc1cc(-c2cc(C(=O)O)c(=O)n(Cc3ccccc3Cl)n2)ccc1F. The minimum atomic E-state index is -1.36. The molecule has 0 amide bonds. The van der Waals surface area contributed by atoms with E-state index in [0.717, 1.165) is 4.68 Å². The van der Waals surface area contributed by atoms with Gasteiger partial charge in [0.15, 0.2) is 0 Å². The molecule has 1 N–H and O–H groups in total. The van der Waals surface area contributed by atoms with Crippen LogP contribution in [0.25, 0.3) is 11.3 Å². The monoisotopic (exact) mass is 372 g/mol. The van der Waals surface area contributed by atoms with E-state index in [4.69, 9.17) is 11.6 Å². The van der Waals surface area contributed by atoms with Crippen molar-refractivity contribution < 1.29 is 14.3 Å². The Hall–Kier alpha value is -2.99. The Morgan fingerprint density at radius 1 is 1.23 bits per heavy atom. The highest BCUT2D eigenvalue weighted by Crippen LogP contribution is 2.21. The van der Waals surface area contributed by atoms with Gasteiger partial charge < -0.3 is 5.11 Å². The molecule has 1 aromatic heterocycles. The van der Waals surface area contributed by atoms with Gasteiger partial charge in [-0.2, -0.15) is 5.10 Å². The van der Waals surface area contributed by atoms with E-state index < -0.39 is 17.1 Å². The van der Waals surface area contributed by atoms with E-state index >= 15 is 0 Å². The van der Waals surface area contributed by atoms with E-state index in [1.54, 1.807) is 37.3 Å². The molecule has 0 aliphatic rings. The summed E-state index contributed by atoms with van der Waals surface area (Å²) < 4.78 is 14.6. The molecule has 3 rings (SSSR count). The number of hydrogen-bond acceptors (Lipinski definition) is 3. The number of benzene rings is 2. The minimum Gasteiger partial charge on any atom is -0.477 e. The Morgan fingerprint density at radius 3 is 2.62 bits per heavy atom. The maximum atomic E-state index is 13.5. The van der Waals surface area contributed by atoms with Gasteiger partial charge in [-0.1, -0.05) is 29.8 Å². The van der Waals surface area contributed by atoms with Crippen LogP contribution in [0.2, 0.25) is 5.02 Å². The van der Waals surface area contributed by atoms with E-state index in [1.165, 1.54) is 18.2 Å². The molecule has 0 bridgehead atoms. The number of aryl methyl sites for hydroxylation is 1. The Bertz CT molecular complexity index is 1060. The maximum Gasteiger partial charge on any atom is 0.341 e. The normalized spacial score (nSPS) is 10.7. The molecule has 0 aliphatic heterocycles. The summed E-state index contributed by atoms with van der Waals surface area (Å²) in [5.74, 6) is -1.73. The smallest absolute Gasteiger partial charge is 0.341 e. The summed E-state index contributed by atoms with van der Waals surface area (Å²) in [6.07, 6.45) is 0. The van der Waals surface area contributed by atoms with Gasteiger partial charge in [-0.05, 0) is 48.4 Å². The zero-order chi connectivity index (χ0) is 18.8. The molecule has 7 heteroatoms. The number of carboxylic acid groups (broad SMARTS) is 1. The summed E-state index contributed by atoms with van der Waals surface area (Å²) in [5.41, 5.74) is 0.651. The number of carboxylic acids is 1. The van der Waals surface area contributed by atoms with Crippen LogP contribution in [0.1, 0.15) is 21.5 Å². The topological polar surface area (TPSA) is 72.2 Å². The molecular weight excluding hydrogens is 359 g/mol. The highest BCUT2D eigenvalue weighted by molar-refractivity contribution is 6.31. The van der Waals surface area contributed by atoms with E-state index in [9.17, 15) is 19.1 Å². The largest absolute Gasteiger partial charge is 0.477 e. The fraction of sp³-hybridized carbons (Fsp3) is 0.105. The molecule has 3 aromatic rings. The molecule has 0 fully saturated rings. The summed E-state index contributed by atoms with van der Waals surface area (Å²) in [4.78, 5) is 23.9. The molecule has 0 radical (unpaired) electrons. The van der Waals surface area contributed by atoms with Gasteiger partial charge >= 0.3 is 5.97 Å². The first-order valence-corrected chi connectivity index (χ1v) is 8.10. The predicted molar refractivity (Wildman–Crippen MR) is 96.1 cm³/mol. The van der Waals surface area contributed by atoms with Crippen LogP contribution in [-0.2, 0) is 6.54 Å². The molecule has 0 aliphatic carbocycles. The van der Waals surface area contributed by atoms with Gasteiger partial charge in [-0.3, -0.25) is 4.79 Å². The van der Waals surface area contributed by atoms with Crippen LogP contribution >= 0.6 is 11.6 Å². The van der Waals surface area contributed by atoms with Gasteiger partial charge in [0.1, 0.15) is 11.4 Å². The molecule has 0 saturated heterocycles. The number of aromatic carboxylic acids is 1. The number of halogens is 2. The quantitative estimate of drug-likeness (QED) is 0.757. The van der Waals surface area contributed by atoms with E-state index in [1.807, 2.05) is 0 Å². The van der Waals surface area contributed by atoms with Crippen molar-refractivity contribution in [3.63, 3.8) is 0 Å². The lowest BCUT2D eigenvalue weighted by molar-refractivity contribution is 0.0693. The molecule has 0 spiro atoms. The van der Waals surface area contributed by atoms with Crippen LogP contribution < -0.4 is 5.56 Å². The van der Waals surface area contributed by atoms with Crippen LogP contribution in [0.15, 0.2) is 53.3 Å². The van der Waals surface area contributed by atoms with Gasteiger partial charge in [0, 0.05) is 10.6 Å². The lowest BCUT2D eigenvalue weighted by Crippen LogP contribution is -2.29. The molecular formula is C19H14ClFN2O3. The van der Waals surface area contributed by atoms with Gasteiger partial charge in [0.2, 0.25) is 0 Å². The summed E-state index contributed by atoms with van der Waals surface area (Å²) in [5, 5.41) is 14.1. The molecule has 132 valence electrons. The second-order valence-electron chi connectivity index (χ2n) is 5.77. The van der Waals surface area contributed by atoms with E-state index in [2.05, 4.69) is 5.10 Å². The molecule has 5 nitrogen and oxygen atoms in total. The Balaban J connectivity index is 2.16. The zero-order valence-corrected chi connectivity index (χ0v) is 14.5. The van der Waals surface area contributed by atoms with Crippen molar-refractivity contribution in [2.45, 2.75) is 13.5 Å². The summed E-state index contributed by atoms with van der Waals surface area (Å²) in [6, 6.07) is 12.4. The third-order valence-corrected chi connectivity index (χ3v) is 4.31. The van der Waals surface area contributed by atoms with Crippen molar-refractivity contribution in [3.05, 3.63) is 86.4 Å². The Morgan fingerprint density at radius 2 is 1.96 bits per heavy atom. The van der Waals surface area contributed by atoms with Crippen molar-refractivity contribution in [1.82, 2.24) is 9.78 Å². The van der Waals surface area contributed by atoms with Crippen molar-refractivity contribution in [3.8, 4) is 11.3 Å². The highest BCUT2D eigenvalue weighted by atomic mass is 35.5. The maximum absolute atomic E-state index is 13.5. The Labute approximate surface area is 153 Å². The number of nitrogens with zero attached hydrogens (tertiary/aromatic N) is 2. The van der Waals surface area contributed by atoms with Crippen molar-refractivity contribution in [2.24, 2.45) is 0 Å². The number of rotatable bonds is 4. The average molecular weight is 373 g/mol. The lowest BCUT2D eigenvalue weighted by atomic mass is 10.1. The molecule has 1 heterocycles. The molecule has 2 aromatic carbocycles. The van der Waals surface area contributed by atoms with Gasteiger partial charge in [-0.15, -0.1) is 0 Å². The molecule has 0 atom stereocenters. The summed E-state index contributed by atoms with van der Waals surface area (Å²) in [7, 11) is 0. The third kappa shape index (κ3) is 3.50. The second kappa shape index (κ2) is 7.09. The van der Waals surface area contributed by atoms with Crippen molar-refractivity contribution in [2.75, 3.05) is 0 Å².